The Morgan fingerprint density at radius 2 is 1.83 bits per heavy atom. The maximum Gasteiger partial charge on any atom is 0.387 e. The highest BCUT2D eigenvalue weighted by molar-refractivity contribution is 7.81. The van der Waals surface area contributed by atoms with Gasteiger partial charge in [0.2, 0.25) is 5.70 Å². The molecule has 0 atom stereocenters. The van der Waals surface area contributed by atoms with Crippen molar-refractivity contribution in [2.75, 3.05) is 39.4 Å². The Hall–Kier alpha value is -2.62. The Bertz CT molecular complexity index is 858. The van der Waals surface area contributed by atoms with E-state index in [2.05, 4.69) is 15.0 Å². The summed E-state index contributed by atoms with van der Waals surface area (Å²) in [6, 6.07) is 11.0. The van der Waals surface area contributed by atoms with Gasteiger partial charge in [0.05, 0.1) is 13.2 Å². The van der Waals surface area contributed by atoms with Crippen LogP contribution in [-0.2, 0) is 4.74 Å². The van der Waals surface area contributed by atoms with E-state index in [1.807, 2.05) is 6.07 Å². The molecule has 2 heterocycles. The zero-order chi connectivity index (χ0) is 21.3. The minimum Gasteiger partial charge on any atom is -0.867 e. The minimum absolute atomic E-state index is 0.0123. The van der Waals surface area contributed by atoms with Crippen molar-refractivity contribution in [3.8, 4) is 5.75 Å². The Labute approximate surface area is 179 Å². The summed E-state index contributed by atoms with van der Waals surface area (Å²) in [5.41, 5.74) is 0.607. The summed E-state index contributed by atoms with van der Waals surface area (Å²) in [4.78, 5) is 2.58. The molecule has 0 saturated carbocycles. The first-order valence-electron chi connectivity index (χ1n) is 9.56. The number of halogens is 2. The molecule has 9 heteroatoms. The second-order valence-corrected chi connectivity index (χ2v) is 6.98. The average Bonchev–Trinajstić information content (AvgIpc) is 2.75. The van der Waals surface area contributed by atoms with Crippen molar-refractivity contribution in [3.63, 3.8) is 0 Å². The second-order valence-electron chi connectivity index (χ2n) is 6.57. The second kappa shape index (κ2) is 11.0. The molecule has 1 saturated heterocycles. The van der Waals surface area contributed by atoms with Crippen LogP contribution in [0.3, 0.4) is 0 Å². The Kier molecular flexibility index (Phi) is 8.06. The molecule has 2 aromatic rings. The summed E-state index contributed by atoms with van der Waals surface area (Å²) in [7, 11) is 0. The average molecular weight is 435 g/mol. The van der Waals surface area contributed by atoms with E-state index in [4.69, 9.17) is 17.0 Å². The van der Waals surface area contributed by atoms with Crippen molar-refractivity contribution in [2.45, 2.75) is 6.61 Å². The molecule has 1 N–H and O–H groups in total. The summed E-state index contributed by atoms with van der Waals surface area (Å²) in [6.07, 6.45) is 3.47. The summed E-state index contributed by atoms with van der Waals surface area (Å²) in [6.45, 7) is 1.61. The number of hydrogen-bond donors (Lipinski definition) is 1. The molecule has 1 aromatic heterocycles. The lowest BCUT2D eigenvalue weighted by molar-refractivity contribution is -0.577. The number of benzene rings is 1. The first kappa shape index (κ1) is 22.1. The number of aromatic nitrogens is 1. The van der Waals surface area contributed by atoms with E-state index >= 15 is 0 Å². The number of alkyl halides is 2. The van der Waals surface area contributed by atoms with Gasteiger partial charge in [0, 0.05) is 38.3 Å². The summed E-state index contributed by atoms with van der Waals surface area (Å²) < 4.78 is 36.0. The van der Waals surface area contributed by atoms with E-state index in [9.17, 15) is 13.9 Å². The maximum atomic E-state index is 13.2. The van der Waals surface area contributed by atoms with Gasteiger partial charge in [0.15, 0.2) is 17.4 Å². The summed E-state index contributed by atoms with van der Waals surface area (Å²) >= 11 is 5.53. The lowest BCUT2D eigenvalue weighted by Crippen LogP contribution is -2.45. The quantitative estimate of drug-likeness (QED) is 0.294. The van der Waals surface area contributed by atoms with Crippen LogP contribution in [-0.4, -0.2) is 55.9 Å². The van der Waals surface area contributed by atoms with Gasteiger partial charge in [-0.3, -0.25) is 4.90 Å². The SMILES string of the molecule is [O-]/C(=C(\C(=S)NCCN1CCOCC1)[n+]1ccccc1)c1ccc(OC(F)F)cc1. The number of ether oxygens (including phenoxy) is 2. The third-order valence-corrected chi connectivity index (χ3v) is 4.90. The first-order chi connectivity index (χ1) is 14.5. The molecule has 0 unspecified atom stereocenters. The van der Waals surface area contributed by atoms with E-state index in [1.54, 1.807) is 29.1 Å². The van der Waals surface area contributed by atoms with Crippen LogP contribution in [0.15, 0.2) is 54.9 Å². The van der Waals surface area contributed by atoms with Gasteiger partial charge in [-0.2, -0.15) is 13.3 Å². The molecule has 0 aliphatic carbocycles. The Morgan fingerprint density at radius 3 is 2.47 bits per heavy atom. The molecule has 160 valence electrons. The predicted molar refractivity (Wildman–Crippen MR) is 111 cm³/mol. The number of rotatable bonds is 8. The van der Waals surface area contributed by atoms with E-state index in [0.29, 0.717) is 30.3 Å². The number of nitrogens with zero attached hydrogens (tertiary/aromatic N) is 2. The molecule has 1 aliphatic heterocycles. The smallest absolute Gasteiger partial charge is 0.387 e. The van der Waals surface area contributed by atoms with Crippen LogP contribution in [0.5, 0.6) is 5.75 Å². The fourth-order valence-electron chi connectivity index (χ4n) is 3.05. The number of morpholine rings is 1. The lowest BCUT2D eigenvalue weighted by Gasteiger charge is -2.26. The summed E-state index contributed by atoms with van der Waals surface area (Å²) in [5, 5.41) is 16.3. The fraction of sp³-hybridized carbons (Fsp3) is 0.333. The van der Waals surface area contributed by atoms with Gasteiger partial charge in [0.1, 0.15) is 5.75 Å². The topological polar surface area (TPSA) is 60.7 Å². The number of pyridine rings is 1. The maximum absolute atomic E-state index is 13.2. The van der Waals surface area contributed by atoms with Crippen molar-refractivity contribution in [3.05, 3.63) is 60.4 Å². The normalized spacial score (nSPS) is 15.6. The van der Waals surface area contributed by atoms with Crippen LogP contribution >= 0.6 is 12.2 Å². The van der Waals surface area contributed by atoms with Crippen molar-refractivity contribution >= 4 is 28.7 Å². The van der Waals surface area contributed by atoms with Crippen LogP contribution in [0.2, 0.25) is 0 Å². The largest absolute Gasteiger partial charge is 0.867 e. The molecule has 3 rings (SSSR count). The molecule has 1 aromatic carbocycles. The molecule has 30 heavy (non-hydrogen) atoms. The van der Waals surface area contributed by atoms with Gasteiger partial charge in [-0.25, -0.2) is 0 Å². The van der Waals surface area contributed by atoms with Gasteiger partial charge in [-0.15, -0.1) is 0 Å². The van der Waals surface area contributed by atoms with Crippen molar-refractivity contribution < 1.29 is 27.9 Å². The van der Waals surface area contributed by atoms with Gasteiger partial charge in [0.25, 0.3) is 0 Å². The monoisotopic (exact) mass is 435 g/mol. The van der Waals surface area contributed by atoms with E-state index in [1.165, 1.54) is 24.3 Å². The van der Waals surface area contributed by atoms with Crippen LogP contribution in [0.4, 0.5) is 8.78 Å². The van der Waals surface area contributed by atoms with Crippen LogP contribution in [0.25, 0.3) is 11.5 Å². The molecular weight excluding hydrogens is 412 g/mol. The molecule has 0 radical (unpaired) electrons. The molecule has 0 spiro atoms. The highest BCUT2D eigenvalue weighted by atomic mass is 32.1. The van der Waals surface area contributed by atoms with Crippen molar-refractivity contribution in [1.29, 1.82) is 0 Å². The Balaban J connectivity index is 1.78. The van der Waals surface area contributed by atoms with E-state index < -0.39 is 6.61 Å². The van der Waals surface area contributed by atoms with Crippen LogP contribution < -0.4 is 19.7 Å². The third kappa shape index (κ3) is 6.19. The Morgan fingerprint density at radius 1 is 1.17 bits per heavy atom. The van der Waals surface area contributed by atoms with Crippen molar-refractivity contribution in [1.82, 2.24) is 10.2 Å². The molecule has 0 bridgehead atoms. The number of nitrogens with one attached hydrogen (secondary N) is 1. The molecule has 1 aliphatic rings. The van der Waals surface area contributed by atoms with E-state index in [0.717, 1.165) is 19.6 Å². The zero-order valence-electron chi connectivity index (χ0n) is 16.3. The molecule has 6 nitrogen and oxygen atoms in total. The van der Waals surface area contributed by atoms with Crippen LogP contribution in [0.1, 0.15) is 5.56 Å². The molecular formula is C21H23F2N3O3S. The fourth-order valence-corrected chi connectivity index (χ4v) is 3.35. The van der Waals surface area contributed by atoms with Crippen molar-refractivity contribution in [2.24, 2.45) is 0 Å². The van der Waals surface area contributed by atoms with Gasteiger partial charge >= 0.3 is 6.61 Å². The highest BCUT2D eigenvalue weighted by Gasteiger charge is 2.19. The highest BCUT2D eigenvalue weighted by Crippen LogP contribution is 2.20. The first-order valence-corrected chi connectivity index (χ1v) is 9.97. The summed E-state index contributed by atoms with van der Waals surface area (Å²) in [5.74, 6) is -0.333. The van der Waals surface area contributed by atoms with E-state index in [-0.39, 0.29) is 17.2 Å². The lowest BCUT2D eigenvalue weighted by atomic mass is 10.1. The number of hydrogen-bond acceptors (Lipinski definition) is 5. The minimum atomic E-state index is -2.92. The van der Waals surface area contributed by atoms with Gasteiger partial charge in [-0.05, 0) is 23.5 Å². The predicted octanol–water partition coefficient (Wildman–Crippen LogP) is 1.51. The van der Waals surface area contributed by atoms with Gasteiger partial charge < -0.3 is 19.9 Å². The van der Waals surface area contributed by atoms with Gasteiger partial charge in [-0.1, -0.05) is 30.4 Å². The number of thiocarbonyl (C=S) groups is 1. The molecule has 1 fully saturated rings. The standard InChI is InChI=1S/C21H23F2N3O3S/c22-21(23)29-17-6-4-16(5-7-17)19(27)18(26-9-2-1-3-10-26)20(30)24-8-11-25-12-14-28-15-13-25/h1-7,9-10,21H,8,11-15H2,(H-,24,27,30). The molecule has 0 amide bonds. The van der Waals surface area contributed by atoms with Crippen LogP contribution in [0, 0.1) is 0 Å². The zero-order valence-corrected chi connectivity index (χ0v) is 17.1. The third-order valence-electron chi connectivity index (χ3n) is 4.56.